The molecule has 0 saturated carbocycles. The molecule has 21 heavy (non-hydrogen) atoms. The second-order valence-electron chi connectivity index (χ2n) is 5.28. The highest BCUT2D eigenvalue weighted by molar-refractivity contribution is 6.30. The predicted octanol–water partition coefficient (Wildman–Crippen LogP) is 2.99. The summed E-state index contributed by atoms with van der Waals surface area (Å²) in [7, 11) is 0. The Morgan fingerprint density at radius 2 is 1.90 bits per heavy atom. The smallest absolute Gasteiger partial charge is 0.227 e. The van der Waals surface area contributed by atoms with Crippen molar-refractivity contribution in [1.82, 2.24) is 5.32 Å². The van der Waals surface area contributed by atoms with Crippen molar-refractivity contribution < 1.29 is 9.53 Å². The number of nitrogens with two attached hydrogens (primary N) is 1. The van der Waals surface area contributed by atoms with Gasteiger partial charge in [0.15, 0.2) is 0 Å². The van der Waals surface area contributed by atoms with E-state index in [-0.39, 0.29) is 12.0 Å². The zero-order chi connectivity index (χ0) is 15.9. The van der Waals surface area contributed by atoms with Gasteiger partial charge in [-0.15, -0.1) is 0 Å². The maximum absolute atomic E-state index is 12.3. The summed E-state index contributed by atoms with van der Waals surface area (Å²) in [6.45, 7) is 6.70. The van der Waals surface area contributed by atoms with Crippen LogP contribution in [0.3, 0.4) is 0 Å². The molecule has 0 fully saturated rings. The number of ether oxygens (including phenoxy) is 1. The molecule has 0 bridgehead atoms. The average Bonchev–Trinajstić information content (AvgIpc) is 2.50. The van der Waals surface area contributed by atoms with Gasteiger partial charge in [0.1, 0.15) is 11.9 Å². The van der Waals surface area contributed by atoms with Gasteiger partial charge in [-0.25, -0.2) is 0 Å². The number of benzene rings is 1. The molecule has 0 spiro atoms. The van der Waals surface area contributed by atoms with Gasteiger partial charge >= 0.3 is 0 Å². The van der Waals surface area contributed by atoms with E-state index in [4.69, 9.17) is 22.1 Å². The van der Waals surface area contributed by atoms with E-state index in [9.17, 15) is 4.79 Å². The van der Waals surface area contributed by atoms with E-state index in [1.165, 1.54) is 0 Å². The average molecular weight is 313 g/mol. The van der Waals surface area contributed by atoms with Gasteiger partial charge in [0, 0.05) is 11.6 Å². The fourth-order valence-corrected chi connectivity index (χ4v) is 2.29. The third-order valence-corrected chi connectivity index (χ3v) is 4.18. The molecule has 1 aromatic carbocycles. The van der Waals surface area contributed by atoms with Crippen LogP contribution in [0.25, 0.3) is 0 Å². The van der Waals surface area contributed by atoms with Crippen molar-refractivity contribution >= 4 is 17.5 Å². The summed E-state index contributed by atoms with van der Waals surface area (Å²) in [6.07, 6.45) is 1.34. The lowest BCUT2D eigenvalue weighted by Crippen LogP contribution is -2.47. The highest BCUT2D eigenvalue weighted by Gasteiger charge is 2.33. The molecule has 0 saturated heterocycles. The number of rotatable bonds is 8. The van der Waals surface area contributed by atoms with E-state index in [2.05, 4.69) is 5.32 Å². The van der Waals surface area contributed by atoms with Crippen LogP contribution in [0.1, 0.15) is 33.6 Å². The van der Waals surface area contributed by atoms with Crippen LogP contribution in [-0.4, -0.2) is 25.1 Å². The van der Waals surface area contributed by atoms with E-state index < -0.39 is 5.41 Å². The minimum absolute atomic E-state index is 0.00144. The molecule has 3 N–H and O–H groups in total. The van der Waals surface area contributed by atoms with Crippen LogP contribution in [0.5, 0.6) is 5.75 Å². The molecule has 5 heteroatoms. The molecule has 1 unspecified atom stereocenters. The van der Waals surface area contributed by atoms with Crippen LogP contribution >= 0.6 is 11.6 Å². The van der Waals surface area contributed by atoms with Gasteiger partial charge in [-0.05, 0) is 44.0 Å². The second kappa shape index (κ2) is 8.25. The van der Waals surface area contributed by atoms with Crippen molar-refractivity contribution in [1.29, 1.82) is 0 Å². The summed E-state index contributed by atoms with van der Waals surface area (Å²) in [5, 5.41) is 3.61. The first kappa shape index (κ1) is 17.8. The lowest BCUT2D eigenvalue weighted by Gasteiger charge is -2.29. The molecule has 1 aromatic rings. The zero-order valence-electron chi connectivity index (χ0n) is 13.0. The summed E-state index contributed by atoms with van der Waals surface area (Å²) in [5.41, 5.74) is 5.30. The Labute approximate surface area is 132 Å². The monoisotopic (exact) mass is 312 g/mol. The Bertz CT molecular complexity index is 436. The van der Waals surface area contributed by atoms with Gasteiger partial charge in [-0.3, -0.25) is 4.79 Å². The number of hydrogen-bond acceptors (Lipinski definition) is 3. The molecule has 0 aromatic heterocycles. The quantitative estimate of drug-likeness (QED) is 0.775. The third-order valence-electron chi connectivity index (χ3n) is 3.93. The largest absolute Gasteiger partial charge is 0.489 e. The summed E-state index contributed by atoms with van der Waals surface area (Å²) in [4.78, 5) is 12.3. The first-order valence-electron chi connectivity index (χ1n) is 7.38. The van der Waals surface area contributed by atoms with E-state index in [1.54, 1.807) is 12.1 Å². The van der Waals surface area contributed by atoms with Crippen LogP contribution < -0.4 is 15.8 Å². The fourth-order valence-electron chi connectivity index (χ4n) is 2.16. The molecule has 1 amide bonds. The van der Waals surface area contributed by atoms with E-state index in [0.717, 1.165) is 18.6 Å². The fraction of sp³-hybridized carbons (Fsp3) is 0.562. The van der Waals surface area contributed by atoms with Crippen LogP contribution in [0.2, 0.25) is 5.02 Å². The molecule has 0 aliphatic rings. The number of carbonyl (C=O) groups is 1. The maximum Gasteiger partial charge on any atom is 0.227 e. The molecule has 0 aliphatic carbocycles. The third kappa shape index (κ3) is 4.90. The number of carbonyl (C=O) groups excluding carboxylic acids is 1. The molecule has 4 nitrogen and oxygen atoms in total. The van der Waals surface area contributed by atoms with Crippen molar-refractivity contribution in [3.05, 3.63) is 29.3 Å². The van der Waals surface area contributed by atoms with E-state index in [0.29, 0.717) is 18.1 Å². The molecule has 118 valence electrons. The maximum atomic E-state index is 12.3. The number of halogens is 1. The van der Waals surface area contributed by atoms with Crippen molar-refractivity contribution in [3.63, 3.8) is 0 Å². The second-order valence-corrected chi connectivity index (χ2v) is 5.72. The predicted molar refractivity (Wildman–Crippen MR) is 86.6 cm³/mol. The van der Waals surface area contributed by atoms with Gasteiger partial charge in [-0.2, -0.15) is 0 Å². The SMILES string of the molecule is CCC(CC)(CN)C(=O)NCC(C)Oc1ccc(Cl)cc1. The van der Waals surface area contributed by atoms with Crippen molar-refractivity contribution in [2.45, 2.75) is 39.7 Å². The normalized spacial score (nSPS) is 12.8. The molecule has 0 aliphatic heterocycles. The zero-order valence-corrected chi connectivity index (χ0v) is 13.7. The molecular formula is C16H25ClN2O2. The molecule has 0 heterocycles. The van der Waals surface area contributed by atoms with Gasteiger partial charge in [0.05, 0.1) is 12.0 Å². The van der Waals surface area contributed by atoms with Crippen molar-refractivity contribution in [2.75, 3.05) is 13.1 Å². The lowest BCUT2D eigenvalue weighted by molar-refractivity contribution is -0.131. The van der Waals surface area contributed by atoms with Crippen LogP contribution in [0, 0.1) is 5.41 Å². The standard InChI is InChI=1S/C16H25ClN2O2/c1-4-16(5-2,11-18)15(20)19-10-12(3)21-14-8-6-13(17)7-9-14/h6-9,12H,4-5,10-11,18H2,1-3H3,(H,19,20). The van der Waals surface area contributed by atoms with Gasteiger partial charge < -0.3 is 15.8 Å². The van der Waals surface area contributed by atoms with Crippen LogP contribution in [0.4, 0.5) is 0 Å². The Hall–Kier alpha value is -1.26. The van der Waals surface area contributed by atoms with Crippen LogP contribution in [-0.2, 0) is 4.79 Å². The van der Waals surface area contributed by atoms with E-state index >= 15 is 0 Å². The first-order valence-corrected chi connectivity index (χ1v) is 7.75. The topological polar surface area (TPSA) is 64.4 Å². The summed E-state index contributed by atoms with van der Waals surface area (Å²) >= 11 is 5.82. The number of hydrogen-bond donors (Lipinski definition) is 2. The summed E-state index contributed by atoms with van der Waals surface area (Å²) < 4.78 is 5.73. The number of nitrogens with one attached hydrogen (secondary N) is 1. The van der Waals surface area contributed by atoms with E-state index in [1.807, 2.05) is 32.9 Å². The Balaban J connectivity index is 2.50. The van der Waals surface area contributed by atoms with Crippen LogP contribution in [0.15, 0.2) is 24.3 Å². The molecule has 1 atom stereocenters. The number of amides is 1. The highest BCUT2D eigenvalue weighted by atomic mass is 35.5. The van der Waals surface area contributed by atoms with Gasteiger partial charge in [-0.1, -0.05) is 25.4 Å². The summed E-state index contributed by atoms with van der Waals surface area (Å²) in [6, 6.07) is 7.16. The van der Waals surface area contributed by atoms with Gasteiger partial charge in [0.2, 0.25) is 5.91 Å². The Morgan fingerprint density at radius 3 is 2.38 bits per heavy atom. The Morgan fingerprint density at radius 1 is 1.33 bits per heavy atom. The minimum Gasteiger partial charge on any atom is -0.489 e. The Kier molecular flexibility index (Phi) is 6.99. The van der Waals surface area contributed by atoms with Gasteiger partial charge in [0.25, 0.3) is 0 Å². The summed E-state index contributed by atoms with van der Waals surface area (Å²) in [5.74, 6) is 0.735. The highest BCUT2D eigenvalue weighted by Crippen LogP contribution is 2.25. The van der Waals surface area contributed by atoms with Crippen molar-refractivity contribution in [3.8, 4) is 5.75 Å². The molecule has 0 radical (unpaired) electrons. The lowest BCUT2D eigenvalue weighted by atomic mass is 9.81. The molecule has 1 rings (SSSR count). The minimum atomic E-state index is -0.472. The first-order chi connectivity index (χ1) is 9.97. The van der Waals surface area contributed by atoms with Crippen molar-refractivity contribution in [2.24, 2.45) is 11.1 Å². The molecular weight excluding hydrogens is 288 g/mol.